The molecule has 22 heavy (non-hydrogen) atoms. The first-order valence-corrected chi connectivity index (χ1v) is 9.02. The third-order valence-corrected chi connectivity index (χ3v) is 4.84. The normalized spacial score (nSPS) is 23.9. The maximum Gasteiger partial charge on any atom is 0.120 e. The topological polar surface area (TPSA) is 34.1 Å². The summed E-state index contributed by atoms with van der Waals surface area (Å²) < 4.78 is 0. The molecule has 0 heterocycles. The van der Waals surface area contributed by atoms with Gasteiger partial charge in [0.2, 0.25) is 0 Å². The third-order valence-electron chi connectivity index (χ3n) is 4.84. The SMILES string of the molecule is CCC(CC=O)C1C=CCC1.O=CCCCCC1C=CCC1. The Morgan fingerprint density at radius 2 is 1.82 bits per heavy atom. The van der Waals surface area contributed by atoms with Gasteiger partial charge in [-0.15, -0.1) is 0 Å². The fourth-order valence-corrected chi connectivity index (χ4v) is 3.39. The minimum absolute atomic E-state index is 0.603. The van der Waals surface area contributed by atoms with Gasteiger partial charge in [-0.2, -0.15) is 0 Å². The molecule has 0 aromatic rings. The van der Waals surface area contributed by atoms with Gasteiger partial charge in [-0.3, -0.25) is 0 Å². The summed E-state index contributed by atoms with van der Waals surface area (Å²) in [4.78, 5) is 20.3. The summed E-state index contributed by atoms with van der Waals surface area (Å²) in [5.41, 5.74) is 0. The van der Waals surface area contributed by atoms with Crippen LogP contribution in [0.3, 0.4) is 0 Å². The predicted octanol–water partition coefficient (Wildman–Crippen LogP) is 5.28. The summed E-state index contributed by atoms with van der Waals surface area (Å²) >= 11 is 0. The molecule has 2 rings (SSSR count). The Kier molecular flexibility index (Phi) is 10.6. The molecule has 2 heteroatoms. The first kappa shape index (κ1) is 18.9. The highest BCUT2D eigenvalue weighted by atomic mass is 16.1. The van der Waals surface area contributed by atoms with Crippen molar-refractivity contribution < 1.29 is 9.59 Å². The first-order chi connectivity index (χ1) is 10.8. The Morgan fingerprint density at radius 1 is 1.05 bits per heavy atom. The Morgan fingerprint density at radius 3 is 2.36 bits per heavy atom. The molecular formula is C20H32O2. The average molecular weight is 304 g/mol. The van der Waals surface area contributed by atoms with Crippen molar-refractivity contribution in [3.8, 4) is 0 Å². The second-order valence-electron chi connectivity index (χ2n) is 6.46. The molecular weight excluding hydrogens is 272 g/mol. The molecule has 0 fully saturated rings. The molecule has 0 radical (unpaired) electrons. The van der Waals surface area contributed by atoms with Gasteiger partial charge >= 0.3 is 0 Å². The molecule has 3 unspecified atom stereocenters. The summed E-state index contributed by atoms with van der Waals surface area (Å²) in [7, 11) is 0. The molecule has 2 nitrogen and oxygen atoms in total. The highest BCUT2D eigenvalue weighted by Crippen LogP contribution is 2.29. The van der Waals surface area contributed by atoms with Gasteiger partial charge in [0.1, 0.15) is 12.6 Å². The minimum atomic E-state index is 0.603. The zero-order valence-corrected chi connectivity index (χ0v) is 14.1. The molecule has 0 bridgehead atoms. The molecule has 3 atom stereocenters. The van der Waals surface area contributed by atoms with E-state index in [-0.39, 0.29) is 0 Å². The second-order valence-corrected chi connectivity index (χ2v) is 6.46. The summed E-state index contributed by atoms with van der Waals surface area (Å²) in [5.74, 6) is 2.11. The fraction of sp³-hybridized carbons (Fsp3) is 0.700. The van der Waals surface area contributed by atoms with Crippen LogP contribution in [0, 0.1) is 17.8 Å². The molecule has 2 aliphatic rings. The fourth-order valence-electron chi connectivity index (χ4n) is 3.39. The quantitative estimate of drug-likeness (QED) is 0.330. The van der Waals surface area contributed by atoms with E-state index in [4.69, 9.17) is 0 Å². The Labute approximate surface area is 136 Å². The average Bonchev–Trinajstić information content (AvgIpc) is 3.23. The van der Waals surface area contributed by atoms with Gasteiger partial charge < -0.3 is 9.59 Å². The Bertz CT molecular complexity index is 357. The van der Waals surface area contributed by atoms with E-state index < -0.39 is 0 Å². The van der Waals surface area contributed by atoms with Gasteiger partial charge in [0, 0.05) is 12.8 Å². The third kappa shape index (κ3) is 7.72. The van der Waals surface area contributed by atoms with Crippen molar-refractivity contribution in [2.45, 2.75) is 71.1 Å². The van der Waals surface area contributed by atoms with Gasteiger partial charge in [0.15, 0.2) is 0 Å². The van der Waals surface area contributed by atoms with Gasteiger partial charge in [-0.1, -0.05) is 44.1 Å². The van der Waals surface area contributed by atoms with E-state index in [9.17, 15) is 9.59 Å². The number of unbranched alkanes of at least 4 members (excludes halogenated alkanes) is 2. The van der Waals surface area contributed by atoms with Crippen LogP contribution in [0.25, 0.3) is 0 Å². The lowest BCUT2D eigenvalue weighted by molar-refractivity contribution is -0.109. The van der Waals surface area contributed by atoms with Gasteiger partial charge in [0.25, 0.3) is 0 Å². The zero-order chi connectivity index (χ0) is 16.0. The molecule has 0 spiro atoms. The van der Waals surface area contributed by atoms with Crippen LogP contribution in [-0.4, -0.2) is 12.6 Å². The van der Waals surface area contributed by atoms with Crippen molar-refractivity contribution in [2.24, 2.45) is 17.8 Å². The van der Waals surface area contributed by atoms with E-state index >= 15 is 0 Å². The molecule has 0 saturated carbocycles. The van der Waals surface area contributed by atoms with E-state index in [0.717, 1.165) is 44.2 Å². The molecule has 0 aromatic heterocycles. The van der Waals surface area contributed by atoms with Crippen molar-refractivity contribution in [3.63, 3.8) is 0 Å². The minimum Gasteiger partial charge on any atom is -0.303 e. The van der Waals surface area contributed by atoms with Crippen LogP contribution in [0.15, 0.2) is 24.3 Å². The Hall–Kier alpha value is -1.18. The number of aldehydes is 2. The number of hydrogen-bond acceptors (Lipinski definition) is 2. The van der Waals surface area contributed by atoms with Crippen LogP contribution < -0.4 is 0 Å². The van der Waals surface area contributed by atoms with Gasteiger partial charge in [-0.25, -0.2) is 0 Å². The lowest BCUT2D eigenvalue weighted by Gasteiger charge is -2.17. The zero-order valence-electron chi connectivity index (χ0n) is 14.1. The van der Waals surface area contributed by atoms with Gasteiger partial charge in [0.05, 0.1) is 0 Å². The highest BCUT2D eigenvalue weighted by molar-refractivity contribution is 5.50. The number of allylic oxidation sites excluding steroid dienone is 4. The smallest absolute Gasteiger partial charge is 0.120 e. The number of carbonyl (C=O) groups is 2. The van der Waals surface area contributed by atoms with E-state index in [1.807, 2.05) is 0 Å². The molecule has 0 aromatic carbocycles. The standard InChI is InChI=1S/2C10H16O/c1-2-9(7-8-11)10-5-3-4-6-10;11-9-5-1-2-6-10-7-3-4-8-10/h3,5,8-10H,2,4,6-7H2,1H3;3,7,9-10H,1-2,4-6,8H2. The lowest BCUT2D eigenvalue weighted by atomic mass is 9.87. The van der Waals surface area contributed by atoms with E-state index in [1.165, 1.54) is 38.5 Å². The summed E-state index contributed by atoms with van der Waals surface area (Å²) in [6.45, 7) is 2.17. The van der Waals surface area contributed by atoms with Crippen LogP contribution in [0.1, 0.15) is 71.1 Å². The maximum atomic E-state index is 10.3. The molecule has 0 N–H and O–H groups in total. The molecule has 0 amide bonds. The molecule has 124 valence electrons. The van der Waals surface area contributed by atoms with Crippen LogP contribution in [-0.2, 0) is 9.59 Å². The molecule has 0 saturated heterocycles. The van der Waals surface area contributed by atoms with E-state index in [1.54, 1.807) is 0 Å². The summed E-state index contributed by atoms with van der Waals surface area (Å²) in [5, 5.41) is 0. The van der Waals surface area contributed by atoms with Crippen molar-refractivity contribution >= 4 is 12.6 Å². The molecule has 0 aliphatic heterocycles. The lowest BCUT2D eigenvalue weighted by Crippen LogP contribution is -2.10. The number of rotatable bonds is 9. The van der Waals surface area contributed by atoms with Crippen molar-refractivity contribution in [1.82, 2.24) is 0 Å². The highest BCUT2D eigenvalue weighted by Gasteiger charge is 2.18. The van der Waals surface area contributed by atoms with Crippen LogP contribution >= 0.6 is 0 Å². The van der Waals surface area contributed by atoms with Crippen molar-refractivity contribution in [2.75, 3.05) is 0 Å². The van der Waals surface area contributed by atoms with Crippen molar-refractivity contribution in [3.05, 3.63) is 24.3 Å². The molecule has 2 aliphatic carbocycles. The van der Waals surface area contributed by atoms with E-state index in [2.05, 4.69) is 31.2 Å². The van der Waals surface area contributed by atoms with E-state index in [0.29, 0.717) is 11.8 Å². The van der Waals surface area contributed by atoms with Crippen molar-refractivity contribution in [1.29, 1.82) is 0 Å². The number of carbonyl (C=O) groups excluding carboxylic acids is 2. The van der Waals surface area contributed by atoms with Crippen LogP contribution in [0.4, 0.5) is 0 Å². The van der Waals surface area contributed by atoms with Crippen LogP contribution in [0.2, 0.25) is 0 Å². The largest absolute Gasteiger partial charge is 0.303 e. The van der Waals surface area contributed by atoms with Crippen LogP contribution in [0.5, 0.6) is 0 Å². The Balaban J connectivity index is 0.000000220. The second kappa shape index (κ2) is 12.4. The monoisotopic (exact) mass is 304 g/mol. The summed E-state index contributed by atoms with van der Waals surface area (Å²) in [6.07, 6.45) is 22.4. The predicted molar refractivity (Wildman–Crippen MR) is 92.7 cm³/mol. The first-order valence-electron chi connectivity index (χ1n) is 9.02. The maximum absolute atomic E-state index is 10.3. The number of hydrogen-bond donors (Lipinski definition) is 0. The summed E-state index contributed by atoms with van der Waals surface area (Å²) in [6, 6.07) is 0. The van der Waals surface area contributed by atoms with Gasteiger partial charge in [-0.05, 0) is 56.3 Å².